The number of methoxy groups -OCH3 is 1. The van der Waals surface area contributed by atoms with E-state index < -0.39 is 5.41 Å². The number of hydrogen-bond donors (Lipinski definition) is 2. The van der Waals surface area contributed by atoms with Crippen LogP contribution in [0.15, 0.2) is 12.1 Å². The molecule has 90 valence electrons. The molecule has 1 aromatic carbocycles. The maximum atomic E-state index is 9.37. The average Bonchev–Trinajstić information content (AvgIpc) is 2.31. The monoisotopic (exact) mass is 263 g/mol. The second-order valence-corrected chi connectivity index (χ2v) is 4.62. The lowest BCUT2D eigenvalue weighted by Crippen LogP contribution is -2.35. The quantitative estimate of drug-likeness (QED) is 0.876. The van der Waals surface area contributed by atoms with Crippen molar-refractivity contribution in [3.8, 4) is 5.75 Å². The van der Waals surface area contributed by atoms with Crippen molar-refractivity contribution < 1.29 is 9.84 Å². The van der Waals surface area contributed by atoms with E-state index in [4.69, 9.17) is 33.7 Å². The maximum absolute atomic E-state index is 9.37. The number of nitrogens with two attached hydrogens (primary N) is 1. The van der Waals surface area contributed by atoms with Crippen LogP contribution < -0.4 is 10.5 Å². The van der Waals surface area contributed by atoms with Crippen LogP contribution in [0.4, 0.5) is 0 Å². The summed E-state index contributed by atoms with van der Waals surface area (Å²) in [7, 11) is 1.52. The lowest BCUT2D eigenvalue weighted by atomic mass is 9.83. The third-order valence-corrected chi connectivity index (χ3v) is 3.58. The zero-order valence-electron chi connectivity index (χ0n) is 9.26. The minimum absolute atomic E-state index is 0.0914. The molecule has 0 fully saturated rings. The number of halogens is 2. The fraction of sp³-hybridized carbons (Fsp3) is 0.455. The number of benzene rings is 1. The lowest BCUT2D eigenvalue weighted by Gasteiger charge is -2.27. The Morgan fingerprint density at radius 2 is 2.00 bits per heavy atom. The Labute approximate surface area is 105 Å². The molecule has 0 radical (unpaired) electrons. The number of aliphatic hydroxyl groups is 1. The van der Waals surface area contributed by atoms with Gasteiger partial charge in [0.1, 0.15) is 10.8 Å². The van der Waals surface area contributed by atoms with E-state index in [1.54, 1.807) is 12.1 Å². The van der Waals surface area contributed by atoms with Crippen molar-refractivity contribution in [2.75, 3.05) is 20.3 Å². The van der Waals surface area contributed by atoms with Crippen LogP contribution in [-0.2, 0) is 5.41 Å². The molecule has 0 saturated heterocycles. The van der Waals surface area contributed by atoms with E-state index in [-0.39, 0.29) is 13.2 Å². The molecule has 5 heteroatoms. The number of hydrogen-bond acceptors (Lipinski definition) is 3. The molecule has 0 spiro atoms. The molecule has 1 atom stereocenters. The standard InChI is InChI=1S/C11H15Cl2NO2/c1-11(5-14,6-15)7-3-4-8(16-2)10(13)9(7)12/h3-4,15H,5-6,14H2,1-2H3. The van der Waals surface area contributed by atoms with Crippen LogP contribution in [0.5, 0.6) is 5.75 Å². The van der Waals surface area contributed by atoms with E-state index in [0.717, 1.165) is 5.56 Å². The summed E-state index contributed by atoms with van der Waals surface area (Å²) in [5.41, 5.74) is 5.78. The van der Waals surface area contributed by atoms with E-state index in [0.29, 0.717) is 15.8 Å². The Balaban J connectivity index is 3.31. The van der Waals surface area contributed by atoms with Crippen LogP contribution in [0.1, 0.15) is 12.5 Å². The summed E-state index contributed by atoms with van der Waals surface area (Å²) in [6, 6.07) is 3.49. The van der Waals surface area contributed by atoms with Gasteiger partial charge >= 0.3 is 0 Å². The van der Waals surface area contributed by atoms with Crippen molar-refractivity contribution >= 4 is 23.2 Å². The first kappa shape index (κ1) is 13.6. The van der Waals surface area contributed by atoms with Gasteiger partial charge in [-0.05, 0) is 11.6 Å². The van der Waals surface area contributed by atoms with Crippen LogP contribution >= 0.6 is 23.2 Å². The molecule has 0 saturated carbocycles. The molecule has 0 amide bonds. The van der Waals surface area contributed by atoms with Gasteiger partial charge in [0, 0.05) is 12.0 Å². The normalized spacial score (nSPS) is 14.6. The van der Waals surface area contributed by atoms with E-state index in [1.165, 1.54) is 7.11 Å². The molecular weight excluding hydrogens is 249 g/mol. The van der Waals surface area contributed by atoms with Crippen molar-refractivity contribution in [2.24, 2.45) is 5.73 Å². The Hall–Kier alpha value is -0.480. The first-order valence-corrected chi connectivity index (χ1v) is 5.59. The fourth-order valence-corrected chi connectivity index (χ4v) is 2.04. The van der Waals surface area contributed by atoms with Crippen LogP contribution in [0.2, 0.25) is 10.0 Å². The van der Waals surface area contributed by atoms with E-state index in [2.05, 4.69) is 0 Å². The van der Waals surface area contributed by atoms with Gasteiger partial charge in [-0.25, -0.2) is 0 Å². The highest BCUT2D eigenvalue weighted by atomic mass is 35.5. The maximum Gasteiger partial charge on any atom is 0.138 e. The molecule has 0 aromatic heterocycles. The molecule has 3 N–H and O–H groups in total. The fourth-order valence-electron chi connectivity index (χ4n) is 1.42. The van der Waals surface area contributed by atoms with Gasteiger partial charge in [-0.15, -0.1) is 0 Å². The summed E-state index contributed by atoms with van der Waals surface area (Å²) in [6.45, 7) is 2.02. The smallest absolute Gasteiger partial charge is 0.138 e. The zero-order chi connectivity index (χ0) is 12.3. The second kappa shape index (κ2) is 5.23. The molecule has 3 nitrogen and oxygen atoms in total. The molecule has 1 unspecified atom stereocenters. The van der Waals surface area contributed by atoms with Crippen LogP contribution in [0.3, 0.4) is 0 Å². The van der Waals surface area contributed by atoms with Crippen LogP contribution in [0.25, 0.3) is 0 Å². The Morgan fingerprint density at radius 3 is 2.44 bits per heavy atom. The molecule has 0 bridgehead atoms. The number of rotatable bonds is 4. The van der Waals surface area contributed by atoms with Crippen molar-refractivity contribution in [1.82, 2.24) is 0 Å². The highest BCUT2D eigenvalue weighted by Gasteiger charge is 2.28. The summed E-state index contributed by atoms with van der Waals surface area (Å²) >= 11 is 12.2. The van der Waals surface area contributed by atoms with Gasteiger partial charge in [-0.2, -0.15) is 0 Å². The zero-order valence-corrected chi connectivity index (χ0v) is 10.8. The molecular formula is C11H15Cl2NO2. The summed E-state index contributed by atoms with van der Waals surface area (Å²) in [5, 5.41) is 10.1. The summed E-state index contributed by atoms with van der Waals surface area (Å²) in [5.74, 6) is 0.507. The second-order valence-electron chi connectivity index (χ2n) is 3.87. The Bertz CT molecular complexity index is 378. The topological polar surface area (TPSA) is 55.5 Å². The minimum Gasteiger partial charge on any atom is -0.495 e. The SMILES string of the molecule is COc1ccc(C(C)(CN)CO)c(Cl)c1Cl. The molecule has 0 aliphatic heterocycles. The van der Waals surface area contributed by atoms with Gasteiger partial charge in [0.05, 0.1) is 18.7 Å². The van der Waals surface area contributed by atoms with Crippen molar-refractivity contribution in [3.05, 3.63) is 27.7 Å². The molecule has 16 heavy (non-hydrogen) atoms. The molecule has 1 rings (SSSR count). The van der Waals surface area contributed by atoms with Gasteiger partial charge in [0.25, 0.3) is 0 Å². The van der Waals surface area contributed by atoms with Crippen molar-refractivity contribution in [3.63, 3.8) is 0 Å². The van der Waals surface area contributed by atoms with Gasteiger partial charge < -0.3 is 15.6 Å². The van der Waals surface area contributed by atoms with E-state index in [9.17, 15) is 5.11 Å². The predicted octanol–water partition coefficient (Wildman–Crippen LogP) is 2.21. The van der Waals surface area contributed by atoms with E-state index >= 15 is 0 Å². The molecule has 0 aliphatic rings. The predicted molar refractivity (Wildman–Crippen MR) is 66.5 cm³/mol. The summed E-state index contributed by atoms with van der Waals surface area (Å²) in [4.78, 5) is 0. The van der Waals surface area contributed by atoms with Gasteiger partial charge in [0.2, 0.25) is 0 Å². The highest BCUT2D eigenvalue weighted by molar-refractivity contribution is 6.43. The Morgan fingerprint density at radius 1 is 1.38 bits per heavy atom. The summed E-state index contributed by atoms with van der Waals surface area (Å²) < 4.78 is 5.05. The third kappa shape index (κ3) is 2.28. The number of ether oxygens (including phenoxy) is 1. The minimum atomic E-state index is -0.590. The van der Waals surface area contributed by atoms with Gasteiger partial charge in [-0.3, -0.25) is 0 Å². The molecule has 0 heterocycles. The van der Waals surface area contributed by atoms with Gasteiger partial charge in [-0.1, -0.05) is 36.2 Å². The highest BCUT2D eigenvalue weighted by Crippen LogP contribution is 2.39. The first-order valence-electron chi connectivity index (χ1n) is 4.83. The van der Waals surface area contributed by atoms with Crippen molar-refractivity contribution in [2.45, 2.75) is 12.3 Å². The molecule has 0 aliphatic carbocycles. The lowest BCUT2D eigenvalue weighted by molar-refractivity contribution is 0.210. The van der Waals surface area contributed by atoms with Crippen molar-refractivity contribution in [1.29, 1.82) is 0 Å². The molecule has 1 aromatic rings. The Kier molecular flexibility index (Phi) is 4.44. The first-order chi connectivity index (χ1) is 7.50. The van der Waals surface area contributed by atoms with Crippen LogP contribution in [-0.4, -0.2) is 25.4 Å². The number of aliphatic hydroxyl groups excluding tert-OH is 1. The third-order valence-electron chi connectivity index (χ3n) is 2.72. The average molecular weight is 264 g/mol. The largest absolute Gasteiger partial charge is 0.495 e. The van der Waals surface area contributed by atoms with E-state index in [1.807, 2.05) is 6.92 Å². The van der Waals surface area contributed by atoms with Gasteiger partial charge in [0.15, 0.2) is 0 Å². The summed E-state index contributed by atoms with van der Waals surface area (Å²) in [6.07, 6.45) is 0. The van der Waals surface area contributed by atoms with Crippen LogP contribution in [0, 0.1) is 0 Å².